The normalized spacial score (nSPS) is 17.1. The Morgan fingerprint density at radius 2 is 2.36 bits per heavy atom. The molecule has 1 aromatic carbocycles. The van der Waals surface area contributed by atoms with Crippen molar-refractivity contribution in [1.82, 2.24) is 4.98 Å². The highest BCUT2D eigenvalue weighted by Gasteiger charge is 2.27. The largest absolute Gasteiger partial charge is 0.497 e. The van der Waals surface area contributed by atoms with Gasteiger partial charge >= 0.3 is 0 Å². The topological polar surface area (TPSA) is 51.7 Å². The average Bonchev–Trinajstić information content (AvgIpc) is 3.39. The van der Waals surface area contributed by atoms with E-state index >= 15 is 0 Å². The van der Waals surface area contributed by atoms with Gasteiger partial charge in [0.05, 0.1) is 34.9 Å². The van der Waals surface area contributed by atoms with Crippen LogP contribution in [0, 0.1) is 0 Å². The Labute approximate surface area is 153 Å². The number of ether oxygens (including phenoxy) is 2. The molecule has 2 aromatic heterocycles. The van der Waals surface area contributed by atoms with Crippen LogP contribution in [0.5, 0.6) is 5.75 Å². The molecule has 0 aliphatic carbocycles. The summed E-state index contributed by atoms with van der Waals surface area (Å²) in [4.78, 5) is 20.2. The van der Waals surface area contributed by atoms with Crippen LogP contribution in [0.2, 0.25) is 0 Å². The summed E-state index contributed by atoms with van der Waals surface area (Å²) in [5.74, 6) is 0.773. The molecule has 4 rings (SSSR count). The summed E-state index contributed by atoms with van der Waals surface area (Å²) in [6, 6.07) is 9.51. The van der Waals surface area contributed by atoms with Crippen molar-refractivity contribution in [2.24, 2.45) is 0 Å². The first-order chi connectivity index (χ1) is 12.2. The zero-order valence-electron chi connectivity index (χ0n) is 13.8. The first-order valence-corrected chi connectivity index (χ1v) is 9.86. The lowest BCUT2D eigenvalue weighted by Crippen LogP contribution is -2.37. The zero-order valence-corrected chi connectivity index (χ0v) is 15.4. The van der Waals surface area contributed by atoms with E-state index < -0.39 is 0 Å². The number of methoxy groups -OCH3 is 1. The Hall–Kier alpha value is -1.96. The van der Waals surface area contributed by atoms with Crippen molar-refractivity contribution < 1.29 is 14.3 Å². The van der Waals surface area contributed by atoms with Gasteiger partial charge in [0.2, 0.25) is 0 Å². The fourth-order valence-electron chi connectivity index (χ4n) is 2.91. The molecule has 0 spiro atoms. The van der Waals surface area contributed by atoms with Crippen LogP contribution in [-0.4, -0.2) is 37.3 Å². The Bertz CT molecular complexity index is 870. The Morgan fingerprint density at radius 1 is 1.44 bits per heavy atom. The monoisotopic (exact) mass is 374 g/mol. The van der Waals surface area contributed by atoms with Gasteiger partial charge in [0.1, 0.15) is 5.75 Å². The highest BCUT2D eigenvalue weighted by molar-refractivity contribution is 7.22. The summed E-state index contributed by atoms with van der Waals surface area (Å²) in [6.45, 7) is 1.30. The molecule has 3 aromatic rings. The lowest BCUT2D eigenvalue weighted by atomic mass is 10.2. The molecule has 25 heavy (non-hydrogen) atoms. The van der Waals surface area contributed by atoms with Gasteiger partial charge in [-0.3, -0.25) is 9.69 Å². The number of carbonyl (C=O) groups excluding carboxylic acids is 1. The number of hydrogen-bond donors (Lipinski definition) is 0. The number of anilines is 1. The van der Waals surface area contributed by atoms with Crippen molar-refractivity contribution in [3.63, 3.8) is 0 Å². The molecule has 1 atom stereocenters. The fourth-order valence-corrected chi connectivity index (χ4v) is 4.58. The lowest BCUT2D eigenvalue weighted by Gasteiger charge is -2.22. The van der Waals surface area contributed by atoms with Crippen LogP contribution >= 0.6 is 22.7 Å². The molecule has 1 aliphatic heterocycles. The maximum Gasteiger partial charge on any atom is 0.270 e. The van der Waals surface area contributed by atoms with Crippen LogP contribution < -0.4 is 9.64 Å². The van der Waals surface area contributed by atoms with Gasteiger partial charge in [-0.15, -0.1) is 11.3 Å². The van der Waals surface area contributed by atoms with E-state index in [1.54, 1.807) is 12.0 Å². The molecular formula is C18H18N2O3S2. The Balaban J connectivity index is 1.69. The number of rotatable bonds is 5. The number of thiophene rings is 1. The van der Waals surface area contributed by atoms with Crippen molar-refractivity contribution in [2.45, 2.75) is 18.9 Å². The molecule has 1 fully saturated rings. The lowest BCUT2D eigenvalue weighted by molar-refractivity contribution is 0.0920. The van der Waals surface area contributed by atoms with Crippen molar-refractivity contribution in [1.29, 1.82) is 0 Å². The van der Waals surface area contributed by atoms with Crippen LogP contribution in [0.15, 0.2) is 35.7 Å². The van der Waals surface area contributed by atoms with Crippen LogP contribution in [0.4, 0.5) is 5.13 Å². The maximum absolute atomic E-state index is 13.0. The minimum absolute atomic E-state index is 0.0171. The molecule has 3 heterocycles. The molecule has 1 amide bonds. The summed E-state index contributed by atoms with van der Waals surface area (Å²) in [6.07, 6.45) is 2.10. The van der Waals surface area contributed by atoms with Gasteiger partial charge in [0.15, 0.2) is 5.13 Å². The standard InChI is InChI=1S/C18H18N2O3S2/c1-22-12-6-7-14-16(10-12)25-18(19-14)20(11-13-4-2-8-23-13)17(21)15-5-3-9-24-15/h3,5-7,9-10,13H,2,4,8,11H2,1H3. The van der Waals surface area contributed by atoms with Crippen molar-refractivity contribution in [3.8, 4) is 5.75 Å². The van der Waals surface area contributed by atoms with Gasteiger partial charge in [-0.05, 0) is 42.5 Å². The Kier molecular flexibility index (Phi) is 4.70. The van der Waals surface area contributed by atoms with Crippen LogP contribution in [0.25, 0.3) is 10.2 Å². The van der Waals surface area contributed by atoms with Crippen LogP contribution in [0.3, 0.4) is 0 Å². The highest BCUT2D eigenvalue weighted by Crippen LogP contribution is 2.33. The number of thiazole rings is 1. The predicted molar refractivity (Wildman–Crippen MR) is 101 cm³/mol. The van der Waals surface area contributed by atoms with Crippen LogP contribution in [-0.2, 0) is 4.74 Å². The molecule has 0 bridgehead atoms. The molecule has 1 saturated heterocycles. The van der Waals surface area contributed by atoms with Crippen LogP contribution in [0.1, 0.15) is 22.5 Å². The summed E-state index contributed by atoms with van der Waals surface area (Å²) >= 11 is 2.96. The molecular weight excluding hydrogens is 356 g/mol. The number of aromatic nitrogens is 1. The van der Waals surface area contributed by atoms with Crippen molar-refractivity contribution in [3.05, 3.63) is 40.6 Å². The predicted octanol–water partition coefficient (Wildman–Crippen LogP) is 4.19. The number of carbonyl (C=O) groups is 1. The van der Waals surface area contributed by atoms with E-state index in [0.29, 0.717) is 11.7 Å². The first-order valence-electron chi connectivity index (χ1n) is 8.16. The molecule has 0 radical (unpaired) electrons. The molecule has 0 N–H and O–H groups in total. The first kappa shape index (κ1) is 16.5. The average molecular weight is 374 g/mol. The number of nitrogens with zero attached hydrogens (tertiary/aromatic N) is 2. The second-order valence-electron chi connectivity index (χ2n) is 5.86. The molecule has 1 aliphatic rings. The minimum atomic E-state index is -0.0171. The molecule has 130 valence electrons. The SMILES string of the molecule is COc1ccc2nc(N(CC3CCCO3)C(=O)c3cccs3)sc2c1. The number of benzene rings is 1. The van der Waals surface area contributed by atoms with E-state index in [9.17, 15) is 4.79 Å². The van der Waals surface area contributed by atoms with Crippen molar-refractivity contribution in [2.75, 3.05) is 25.2 Å². The second kappa shape index (κ2) is 7.11. The third-order valence-corrected chi connectivity index (χ3v) is 6.10. The summed E-state index contributed by atoms with van der Waals surface area (Å²) in [7, 11) is 1.65. The maximum atomic E-state index is 13.0. The highest BCUT2D eigenvalue weighted by atomic mass is 32.1. The van der Waals surface area contributed by atoms with Gasteiger partial charge in [-0.1, -0.05) is 17.4 Å². The van der Waals surface area contributed by atoms with Gasteiger partial charge < -0.3 is 9.47 Å². The van der Waals surface area contributed by atoms with E-state index in [2.05, 4.69) is 4.98 Å². The van der Waals surface area contributed by atoms with E-state index in [-0.39, 0.29) is 12.0 Å². The summed E-state index contributed by atoms with van der Waals surface area (Å²) in [5.41, 5.74) is 0.872. The quantitative estimate of drug-likeness (QED) is 0.672. The second-order valence-corrected chi connectivity index (χ2v) is 7.81. The molecule has 1 unspecified atom stereocenters. The minimum Gasteiger partial charge on any atom is -0.497 e. The third kappa shape index (κ3) is 3.40. The van der Waals surface area contributed by atoms with E-state index in [0.717, 1.165) is 40.3 Å². The molecule has 0 saturated carbocycles. The summed E-state index contributed by atoms with van der Waals surface area (Å²) in [5, 5.41) is 2.62. The molecule has 5 nitrogen and oxygen atoms in total. The summed E-state index contributed by atoms with van der Waals surface area (Å²) < 4.78 is 12.0. The molecule has 7 heteroatoms. The Morgan fingerprint density at radius 3 is 3.08 bits per heavy atom. The van der Waals surface area contributed by atoms with E-state index in [1.807, 2.05) is 35.7 Å². The van der Waals surface area contributed by atoms with Gasteiger partial charge in [0, 0.05) is 6.61 Å². The van der Waals surface area contributed by atoms with Gasteiger partial charge in [-0.2, -0.15) is 0 Å². The van der Waals surface area contributed by atoms with Gasteiger partial charge in [-0.25, -0.2) is 4.98 Å². The smallest absolute Gasteiger partial charge is 0.270 e. The van der Waals surface area contributed by atoms with E-state index in [4.69, 9.17) is 9.47 Å². The third-order valence-electron chi connectivity index (χ3n) is 4.20. The van der Waals surface area contributed by atoms with Gasteiger partial charge in [0.25, 0.3) is 5.91 Å². The van der Waals surface area contributed by atoms with E-state index in [1.165, 1.54) is 22.7 Å². The number of fused-ring (bicyclic) bond motifs is 1. The fraction of sp³-hybridized carbons (Fsp3) is 0.333. The van der Waals surface area contributed by atoms with Crippen molar-refractivity contribution >= 4 is 43.9 Å². The zero-order chi connectivity index (χ0) is 17.2. The number of hydrogen-bond acceptors (Lipinski definition) is 6. The number of amides is 1.